The van der Waals surface area contributed by atoms with Gasteiger partial charge in [0, 0.05) is 13.3 Å². The Morgan fingerprint density at radius 1 is 1.29 bits per heavy atom. The van der Waals surface area contributed by atoms with Crippen LogP contribution in [0.25, 0.3) is 0 Å². The molecule has 0 heterocycles. The van der Waals surface area contributed by atoms with Crippen LogP contribution in [0.5, 0.6) is 0 Å². The van der Waals surface area contributed by atoms with Gasteiger partial charge in [0.15, 0.2) is 0 Å². The molecule has 6 heteroatoms. The molecule has 0 bridgehead atoms. The van der Waals surface area contributed by atoms with Gasteiger partial charge in [0.25, 0.3) is 0 Å². The van der Waals surface area contributed by atoms with E-state index in [-0.39, 0.29) is 12.3 Å². The number of aliphatic carboxylic acids is 1. The largest absolute Gasteiger partial charge is 0.480 e. The molecule has 0 saturated carbocycles. The van der Waals surface area contributed by atoms with Crippen LogP contribution >= 0.6 is 0 Å². The number of nitrogens with one attached hydrogen (secondary N) is 2. The quantitative estimate of drug-likeness (QED) is 0.564. The minimum absolute atomic E-state index is 0.195. The van der Waals surface area contributed by atoms with Crippen LogP contribution in [0.2, 0.25) is 0 Å². The maximum absolute atomic E-state index is 10.9. The predicted molar refractivity (Wildman–Crippen MR) is 60.8 cm³/mol. The van der Waals surface area contributed by atoms with Crippen LogP contribution in [0.15, 0.2) is 24.3 Å². The molecule has 6 nitrogen and oxygen atoms in total. The van der Waals surface area contributed by atoms with Gasteiger partial charge < -0.3 is 10.4 Å². The topological polar surface area (TPSA) is 98.7 Å². The highest BCUT2D eigenvalue weighted by atomic mass is 16.5. The van der Waals surface area contributed by atoms with Gasteiger partial charge >= 0.3 is 5.97 Å². The Labute approximate surface area is 98.2 Å². The van der Waals surface area contributed by atoms with Crippen LogP contribution < -0.4 is 10.8 Å². The van der Waals surface area contributed by atoms with Crippen molar-refractivity contribution in [2.24, 2.45) is 0 Å². The number of carboxylic acid groups (broad SMARTS) is 1. The average Bonchev–Trinajstić information content (AvgIpc) is 2.28. The monoisotopic (exact) mass is 238 g/mol. The van der Waals surface area contributed by atoms with E-state index in [2.05, 4.69) is 5.32 Å². The molecule has 1 atom stereocenters. The first-order valence-corrected chi connectivity index (χ1v) is 5.02. The second-order valence-electron chi connectivity index (χ2n) is 3.60. The number of carbonyl (C=O) groups excluding carboxylic acids is 1. The van der Waals surface area contributed by atoms with E-state index in [1.54, 1.807) is 24.3 Å². The van der Waals surface area contributed by atoms with E-state index in [1.165, 1.54) is 6.92 Å². The van der Waals surface area contributed by atoms with E-state index >= 15 is 0 Å². The summed E-state index contributed by atoms with van der Waals surface area (Å²) in [6, 6.07) is 5.64. The van der Waals surface area contributed by atoms with Crippen molar-refractivity contribution in [2.75, 3.05) is 5.48 Å². The Bertz CT molecular complexity index is 402. The molecule has 1 amide bonds. The maximum Gasteiger partial charge on any atom is 0.326 e. The van der Waals surface area contributed by atoms with E-state index < -0.39 is 12.0 Å². The molecular formula is C11H14N2O4. The highest BCUT2D eigenvalue weighted by molar-refractivity contribution is 5.82. The van der Waals surface area contributed by atoms with Crippen molar-refractivity contribution in [2.45, 2.75) is 19.4 Å². The van der Waals surface area contributed by atoms with Gasteiger partial charge in [-0.2, -0.15) is 0 Å². The molecule has 92 valence electrons. The maximum atomic E-state index is 10.9. The van der Waals surface area contributed by atoms with E-state index in [0.717, 1.165) is 5.56 Å². The summed E-state index contributed by atoms with van der Waals surface area (Å²) >= 11 is 0. The normalized spacial score (nSPS) is 11.6. The Morgan fingerprint density at radius 2 is 1.88 bits per heavy atom. The second-order valence-corrected chi connectivity index (χ2v) is 3.60. The van der Waals surface area contributed by atoms with E-state index in [1.807, 2.05) is 5.48 Å². The zero-order chi connectivity index (χ0) is 12.8. The molecule has 17 heavy (non-hydrogen) atoms. The second kappa shape index (κ2) is 5.86. The number of hydrogen-bond acceptors (Lipinski definition) is 4. The molecule has 1 aromatic rings. The highest BCUT2D eigenvalue weighted by Gasteiger charge is 2.18. The number of carboxylic acids is 1. The lowest BCUT2D eigenvalue weighted by Gasteiger charge is -2.13. The van der Waals surface area contributed by atoms with Crippen LogP contribution in [-0.4, -0.2) is 28.2 Å². The Balaban J connectivity index is 2.71. The fraction of sp³-hybridized carbons (Fsp3) is 0.273. The molecule has 0 spiro atoms. The molecule has 1 unspecified atom stereocenters. The molecular weight excluding hydrogens is 224 g/mol. The third kappa shape index (κ3) is 4.12. The van der Waals surface area contributed by atoms with Gasteiger partial charge in [-0.05, 0) is 17.7 Å². The highest BCUT2D eigenvalue weighted by Crippen LogP contribution is 2.10. The van der Waals surface area contributed by atoms with Gasteiger partial charge in [-0.15, -0.1) is 0 Å². The number of anilines is 1. The van der Waals surface area contributed by atoms with Crippen LogP contribution in [0, 0.1) is 0 Å². The van der Waals surface area contributed by atoms with E-state index in [0.29, 0.717) is 5.69 Å². The smallest absolute Gasteiger partial charge is 0.326 e. The SMILES string of the molecule is CC(=O)NC(Cc1ccc(NO)cc1)C(=O)O. The first-order valence-electron chi connectivity index (χ1n) is 5.02. The predicted octanol–water partition coefficient (Wildman–Crippen LogP) is 0.619. The molecule has 0 aliphatic heterocycles. The number of rotatable bonds is 5. The third-order valence-corrected chi connectivity index (χ3v) is 2.20. The Morgan fingerprint density at radius 3 is 2.29 bits per heavy atom. The molecule has 1 rings (SSSR count). The van der Waals surface area contributed by atoms with E-state index in [9.17, 15) is 9.59 Å². The summed E-state index contributed by atoms with van der Waals surface area (Å²) in [5.74, 6) is -1.46. The average molecular weight is 238 g/mol. The van der Waals surface area contributed by atoms with Gasteiger partial charge in [0.1, 0.15) is 6.04 Å². The molecule has 0 aliphatic rings. The van der Waals surface area contributed by atoms with Gasteiger partial charge in [-0.3, -0.25) is 15.5 Å². The zero-order valence-electron chi connectivity index (χ0n) is 9.30. The Kier molecular flexibility index (Phi) is 4.47. The van der Waals surface area contributed by atoms with Crippen LogP contribution in [0.3, 0.4) is 0 Å². The molecule has 0 aliphatic carbocycles. The van der Waals surface area contributed by atoms with E-state index in [4.69, 9.17) is 10.3 Å². The molecule has 4 N–H and O–H groups in total. The minimum atomic E-state index is -1.08. The standard InChI is InChI=1S/C11H14N2O4/c1-7(14)12-10(11(15)16)6-8-2-4-9(13-17)5-3-8/h2-5,10,13,17H,6H2,1H3,(H,12,14)(H,15,16). The van der Waals surface area contributed by atoms with Gasteiger partial charge in [-0.25, -0.2) is 4.79 Å². The van der Waals surface area contributed by atoms with Crippen molar-refractivity contribution in [1.82, 2.24) is 5.32 Å². The van der Waals surface area contributed by atoms with Crippen LogP contribution in [-0.2, 0) is 16.0 Å². The lowest BCUT2D eigenvalue weighted by Crippen LogP contribution is -2.41. The van der Waals surface area contributed by atoms with Crippen LogP contribution in [0.4, 0.5) is 5.69 Å². The number of amides is 1. The van der Waals surface area contributed by atoms with Gasteiger partial charge in [-0.1, -0.05) is 12.1 Å². The van der Waals surface area contributed by atoms with Crippen molar-refractivity contribution in [3.63, 3.8) is 0 Å². The fourth-order valence-corrected chi connectivity index (χ4v) is 1.40. The molecule has 0 aromatic heterocycles. The molecule has 0 radical (unpaired) electrons. The van der Waals surface area contributed by atoms with Gasteiger partial charge in [0.2, 0.25) is 5.91 Å². The number of benzene rings is 1. The summed E-state index contributed by atoms with van der Waals surface area (Å²) in [7, 11) is 0. The third-order valence-electron chi connectivity index (χ3n) is 2.20. The summed E-state index contributed by atoms with van der Waals surface area (Å²) in [5.41, 5.74) is 3.25. The van der Waals surface area contributed by atoms with Crippen LogP contribution in [0.1, 0.15) is 12.5 Å². The van der Waals surface area contributed by atoms with Crippen molar-refractivity contribution in [3.8, 4) is 0 Å². The summed E-state index contributed by atoms with van der Waals surface area (Å²) < 4.78 is 0. The number of hydrogen-bond donors (Lipinski definition) is 4. The van der Waals surface area contributed by atoms with Crippen molar-refractivity contribution in [3.05, 3.63) is 29.8 Å². The van der Waals surface area contributed by atoms with Crippen molar-refractivity contribution >= 4 is 17.6 Å². The summed E-state index contributed by atoms with van der Waals surface area (Å²) in [5, 5.41) is 19.9. The zero-order valence-corrected chi connectivity index (χ0v) is 9.30. The van der Waals surface area contributed by atoms with Crippen molar-refractivity contribution in [1.29, 1.82) is 0 Å². The lowest BCUT2D eigenvalue weighted by atomic mass is 10.1. The summed E-state index contributed by atoms with van der Waals surface area (Å²) in [6.07, 6.45) is 0.195. The minimum Gasteiger partial charge on any atom is -0.480 e. The fourth-order valence-electron chi connectivity index (χ4n) is 1.40. The van der Waals surface area contributed by atoms with Gasteiger partial charge in [0.05, 0.1) is 5.69 Å². The first-order chi connectivity index (χ1) is 8.02. The Hall–Kier alpha value is -2.08. The number of carbonyl (C=O) groups is 2. The molecule has 1 aromatic carbocycles. The summed E-state index contributed by atoms with van der Waals surface area (Å²) in [6.45, 7) is 1.27. The molecule has 0 saturated heterocycles. The summed E-state index contributed by atoms with van der Waals surface area (Å²) in [4.78, 5) is 21.7. The van der Waals surface area contributed by atoms with Crippen molar-refractivity contribution < 1.29 is 19.9 Å². The molecule has 0 fully saturated rings. The first kappa shape index (κ1) is 13.0. The lowest BCUT2D eigenvalue weighted by molar-refractivity contribution is -0.141.